The largest absolute Gasteiger partial charge is 0.290 e. The molecule has 0 aromatic heterocycles. The number of carbonyl (C=O) groups excluding carboxylic acids is 1. The van der Waals surface area contributed by atoms with Gasteiger partial charge in [-0.25, -0.2) is 8.42 Å². The standard InChI is InChI=1S/C24H33NO3S/c1-16(2)19-14-21(17(3)4)23(22(15-19)18(5)6)29(27,28)25-13-7-10-24(25)11-8-20(26)9-12-24/h8-9,11-12,14-18H,7,10,13H2,1-6H3. The number of hydrogen-bond acceptors (Lipinski definition) is 3. The predicted octanol–water partition coefficient (Wildman–Crippen LogP) is 5.28. The van der Waals surface area contributed by atoms with Gasteiger partial charge in [-0.3, -0.25) is 4.79 Å². The van der Waals surface area contributed by atoms with Crippen molar-refractivity contribution in [1.82, 2.24) is 4.31 Å². The van der Waals surface area contributed by atoms with Crippen molar-refractivity contribution in [3.8, 4) is 0 Å². The number of benzene rings is 1. The average Bonchev–Trinajstić information content (AvgIpc) is 3.07. The van der Waals surface area contributed by atoms with E-state index in [0.29, 0.717) is 23.8 Å². The van der Waals surface area contributed by atoms with Gasteiger partial charge in [-0.2, -0.15) is 4.31 Å². The minimum absolute atomic E-state index is 0.0908. The van der Waals surface area contributed by atoms with Crippen LogP contribution in [-0.4, -0.2) is 30.6 Å². The van der Waals surface area contributed by atoms with Crippen molar-refractivity contribution < 1.29 is 13.2 Å². The Morgan fingerprint density at radius 2 is 1.41 bits per heavy atom. The summed E-state index contributed by atoms with van der Waals surface area (Å²) in [7, 11) is -3.74. The molecular formula is C24H33NO3S. The van der Waals surface area contributed by atoms with Crippen molar-refractivity contribution >= 4 is 15.8 Å². The van der Waals surface area contributed by atoms with Gasteiger partial charge in [0.2, 0.25) is 10.0 Å². The van der Waals surface area contributed by atoms with E-state index in [9.17, 15) is 13.2 Å². The van der Waals surface area contributed by atoms with Crippen LogP contribution < -0.4 is 0 Å². The second kappa shape index (κ2) is 7.84. The monoisotopic (exact) mass is 415 g/mol. The van der Waals surface area contributed by atoms with Gasteiger partial charge in [0.25, 0.3) is 0 Å². The summed E-state index contributed by atoms with van der Waals surface area (Å²) in [5, 5.41) is 0. The molecule has 1 aliphatic carbocycles. The fourth-order valence-electron chi connectivity index (χ4n) is 4.38. The highest BCUT2D eigenvalue weighted by Crippen LogP contribution is 2.43. The third-order valence-corrected chi connectivity index (χ3v) is 8.19. The molecule has 0 bridgehead atoms. The summed E-state index contributed by atoms with van der Waals surface area (Å²) >= 11 is 0. The highest BCUT2D eigenvalue weighted by atomic mass is 32.2. The molecule has 4 nitrogen and oxygen atoms in total. The lowest BCUT2D eigenvalue weighted by Crippen LogP contribution is -2.46. The van der Waals surface area contributed by atoms with Crippen molar-refractivity contribution in [2.24, 2.45) is 0 Å². The predicted molar refractivity (Wildman–Crippen MR) is 118 cm³/mol. The molecule has 5 heteroatoms. The average molecular weight is 416 g/mol. The van der Waals surface area contributed by atoms with E-state index in [4.69, 9.17) is 0 Å². The molecule has 3 rings (SSSR count). The summed E-state index contributed by atoms with van der Waals surface area (Å²) in [6.07, 6.45) is 8.02. The summed E-state index contributed by atoms with van der Waals surface area (Å²) < 4.78 is 29.8. The third-order valence-electron chi connectivity index (χ3n) is 6.10. The van der Waals surface area contributed by atoms with E-state index in [2.05, 4.69) is 53.7 Å². The van der Waals surface area contributed by atoms with E-state index < -0.39 is 15.6 Å². The van der Waals surface area contributed by atoms with Gasteiger partial charge in [0.05, 0.1) is 10.4 Å². The van der Waals surface area contributed by atoms with Crippen LogP contribution >= 0.6 is 0 Å². The highest BCUT2D eigenvalue weighted by molar-refractivity contribution is 7.89. The lowest BCUT2D eigenvalue weighted by Gasteiger charge is -2.35. The minimum atomic E-state index is -3.74. The number of hydrogen-bond donors (Lipinski definition) is 0. The van der Waals surface area contributed by atoms with Crippen LogP contribution in [0.4, 0.5) is 0 Å². The number of sulfonamides is 1. The molecule has 0 atom stereocenters. The Morgan fingerprint density at radius 1 is 0.897 bits per heavy atom. The minimum Gasteiger partial charge on any atom is -0.290 e. The third kappa shape index (κ3) is 3.87. The Labute approximate surface area is 175 Å². The first kappa shape index (κ1) is 22.0. The molecule has 0 radical (unpaired) electrons. The summed E-state index contributed by atoms with van der Waals surface area (Å²) in [4.78, 5) is 12.1. The lowest BCUT2D eigenvalue weighted by atomic mass is 9.89. The van der Waals surface area contributed by atoms with Crippen molar-refractivity contribution in [2.75, 3.05) is 6.54 Å². The van der Waals surface area contributed by atoms with E-state index in [1.54, 1.807) is 16.5 Å². The van der Waals surface area contributed by atoms with E-state index in [0.717, 1.165) is 17.5 Å². The summed E-state index contributed by atoms with van der Waals surface area (Å²) in [6.45, 7) is 13.0. The van der Waals surface area contributed by atoms with Crippen LogP contribution in [0.25, 0.3) is 0 Å². The number of carbonyl (C=O) groups is 1. The maximum atomic E-state index is 14.1. The lowest BCUT2D eigenvalue weighted by molar-refractivity contribution is -0.110. The van der Waals surface area contributed by atoms with Gasteiger partial charge >= 0.3 is 0 Å². The van der Waals surface area contributed by atoms with Crippen LogP contribution in [0.2, 0.25) is 0 Å². The van der Waals surface area contributed by atoms with Crippen LogP contribution in [-0.2, 0) is 14.8 Å². The van der Waals surface area contributed by atoms with Gasteiger partial charge in [0, 0.05) is 6.54 Å². The van der Waals surface area contributed by atoms with Crippen LogP contribution in [0.15, 0.2) is 41.3 Å². The van der Waals surface area contributed by atoms with Gasteiger partial charge in [-0.15, -0.1) is 0 Å². The van der Waals surface area contributed by atoms with Crippen LogP contribution in [0.5, 0.6) is 0 Å². The molecule has 0 unspecified atom stereocenters. The SMILES string of the molecule is CC(C)c1cc(C(C)C)c(S(=O)(=O)N2CCCC23C=CC(=O)C=C3)c(C(C)C)c1. The maximum Gasteiger partial charge on any atom is 0.244 e. The Hall–Kier alpha value is -1.72. The molecule has 1 aliphatic heterocycles. The van der Waals surface area contributed by atoms with Crippen LogP contribution in [0.1, 0.15) is 88.8 Å². The molecule has 158 valence electrons. The Morgan fingerprint density at radius 3 is 1.86 bits per heavy atom. The highest BCUT2D eigenvalue weighted by Gasteiger charge is 2.46. The topological polar surface area (TPSA) is 54.5 Å². The molecular weight excluding hydrogens is 382 g/mol. The molecule has 2 aliphatic rings. The normalized spacial score (nSPS) is 19.4. The summed E-state index contributed by atoms with van der Waals surface area (Å²) in [5.41, 5.74) is 2.23. The Balaban J connectivity index is 2.24. The van der Waals surface area contributed by atoms with Crippen molar-refractivity contribution in [1.29, 1.82) is 0 Å². The molecule has 1 saturated heterocycles. The zero-order valence-corrected chi connectivity index (χ0v) is 19.2. The molecule has 1 heterocycles. The van der Waals surface area contributed by atoms with Gasteiger partial charge in [0.1, 0.15) is 0 Å². The first-order chi connectivity index (χ1) is 13.5. The Kier molecular flexibility index (Phi) is 5.94. The van der Waals surface area contributed by atoms with Gasteiger partial charge in [-0.1, -0.05) is 65.8 Å². The van der Waals surface area contributed by atoms with Gasteiger partial charge in [-0.05, 0) is 59.4 Å². The summed E-state index contributed by atoms with van der Waals surface area (Å²) in [5.74, 6) is 0.420. The quantitative estimate of drug-likeness (QED) is 0.658. The molecule has 1 aromatic carbocycles. The van der Waals surface area contributed by atoms with Crippen LogP contribution in [0, 0.1) is 0 Å². The number of ketones is 1. The fraction of sp³-hybridized carbons (Fsp3) is 0.542. The molecule has 1 spiro atoms. The zero-order valence-electron chi connectivity index (χ0n) is 18.4. The Bertz CT molecular complexity index is 923. The van der Waals surface area contributed by atoms with Crippen molar-refractivity contribution in [3.05, 3.63) is 53.1 Å². The molecule has 1 fully saturated rings. The molecule has 0 N–H and O–H groups in total. The second-order valence-electron chi connectivity index (χ2n) is 9.23. The molecule has 29 heavy (non-hydrogen) atoms. The smallest absolute Gasteiger partial charge is 0.244 e. The van der Waals surface area contributed by atoms with Crippen molar-refractivity contribution in [2.45, 2.75) is 82.6 Å². The van der Waals surface area contributed by atoms with E-state index in [1.807, 2.05) is 0 Å². The fourth-order valence-corrected chi connectivity index (χ4v) is 6.81. The number of allylic oxidation sites excluding steroid dienone is 2. The number of nitrogens with zero attached hydrogens (tertiary/aromatic N) is 1. The van der Waals surface area contributed by atoms with E-state index in [-0.39, 0.29) is 17.6 Å². The van der Waals surface area contributed by atoms with Crippen LogP contribution in [0.3, 0.4) is 0 Å². The van der Waals surface area contributed by atoms with Gasteiger partial charge < -0.3 is 0 Å². The first-order valence-corrected chi connectivity index (χ1v) is 12.1. The second-order valence-corrected chi connectivity index (χ2v) is 11.0. The molecule has 1 aromatic rings. The van der Waals surface area contributed by atoms with E-state index in [1.165, 1.54) is 17.7 Å². The van der Waals surface area contributed by atoms with E-state index >= 15 is 0 Å². The zero-order chi connectivity index (χ0) is 21.6. The maximum absolute atomic E-state index is 14.1. The number of rotatable bonds is 5. The van der Waals surface area contributed by atoms with Gasteiger partial charge in [0.15, 0.2) is 5.78 Å². The molecule has 0 saturated carbocycles. The van der Waals surface area contributed by atoms with Crippen molar-refractivity contribution in [3.63, 3.8) is 0 Å². The summed E-state index contributed by atoms with van der Waals surface area (Å²) in [6, 6.07) is 4.15. The first-order valence-electron chi connectivity index (χ1n) is 10.6. The molecule has 0 amide bonds.